The van der Waals surface area contributed by atoms with E-state index in [2.05, 4.69) is 19.9 Å². The van der Waals surface area contributed by atoms with Crippen LogP contribution in [0.25, 0.3) is 0 Å². The lowest BCUT2D eigenvalue weighted by Gasteiger charge is -2.40. The van der Waals surface area contributed by atoms with E-state index in [0.717, 1.165) is 29.9 Å². The van der Waals surface area contributed by atoms with E-state index >= 15 is 0 Å². The molecular formula is C15H23NO2. The van der Waals surface area contributed by atoms with Crippen LogP contribution in [0.15, 0.2) is 12.1 Å². The van der Waals surface area contributed by atoms with Gasteiger partial charge >= 0.3 is 0 Å². The van der Waals surface area contributed by atoms with Crippen molar-refractivity contribution < 1.29 is 9.47 Å². The van der Waals surface area contributed by atoms with E-state index in [4.69, 9.17) is 15.2 Å². The second kappa shape index (κ2) is 4.81. The minimum Gasteiger partial charge on any atom is -0.496 e. The van der Waals surface area contributed by atoms with Gasteiger partial charge < -0.3 is 15.2 Å². The first-order valence-corrected chi connectivity index (χ1v) is 6.57. The molecule has 1 aliphatic rings. The second-order valence-electron chi connectivity index (χ2n) is 5.46. The van der Waals surface area contributed by atoms with E-state index in [1.54, 1.807) is 14.2 Å². The predicted molar refractivity (Wildman–Crippen MR) is 73.4 cm³/mol. The molecule has 0 atom stereocenters. The second-order valence-corrected chi connectivity index (χ2v) is 5.46. The average Bonchev–Trinajstić information content (AvgIpc) is 2.34. The Morgan fingerprint density at radius 1 is 1.11 bits per heavy atom. The fraction of sp³-hybridized carbons (Fsp3) is 0.600. The fourth-order valence-electron chi connectivity index (χ4n) is 2.59. The first-order valence-electron chi connectivity index (χ1n) is 6.57. The summed E-state index contributed by atoms with van der Waals surface area (Å²) in [6, 6.07) is 4.14. The molecular weight excluding hydrogens is 226 g/mol. The van der Waals surface area contributed by atoms with Gasteiger partial charge in [-0.3, -0.25) is 0 Å². The molecule has 0 saturated heterocycles. The Kier molecular flexibility index (Phi) is 3.53. The average molecular weight is 249 g/mol. The van der Waals surface area contributed by atoms with Crippen LogP contribution >= 0.6 is 0 Å². The van der Waals surface area contributed by atoms with Crippen molar-refractivity contribution in [3.8, 4) is 11.5 Å². The van der Waals surface area contributed by atoms with Crippen LogP contribution in [0, 0.1) is 0 Å². The van der Waals surface area contributed by atoms with E-state index in [9.17, 15) is 0 Å². The quantitative estimate of drug-likeness (QED) is 0.891. The molecule has 1 fully saturated rings. The van der Waals surface area contributed by atoms with Crippen molar-refractivity contribution >= 4 is 0 Å². The Bertz CT molecular complexity index is 436. The molecule has 1 saturated carbocycles. The summed E-state index contributed by atoms with van der Waals surface area (Å²) in [4.78, 5) is 0. The molecule has 18 heavy (non-hydrogen) atoms. The van der Waals surface area contributed by atoms with Crippen molar-refractivity contribution in [2.45, 2.75) is 44.6 Å². The highest BCUT2D eigenvalue weighted by Crippen LogP contribution is 2.45. The normalized spacial score (nSPS) is 17.4. The Balaban J connectivity index is 2.53. The molecule has 2 N–H and O–H groups in total. The molecule has 0 bridgehead atoms. The SMILES string of the molecule is COc1cc(OC)c(C2(N)CCC2)cc1C(C)C. The molecule has 0 radical (unpaired) electrons. The zero-order valence-electron chi connectivity index (χ0n) is 11.7. The van der Waals surface area contributed by atoms with Crippen LogP contribution in [0.4, 0.5) is 0 Å². The van der Waals surface area contributed by atoms with E-state index in [-0.39, 0.29) is 5.54 Å². The molecule has 0 aromatic heterocycles. The van der Waals surface area contributed by atoms with Crippen LogP contribution in [0.3, 0.4) is 0 Å². The van der Waals surface area contributed by atoms with Crippen molar-refractivity contribution in [2.75, 3.05) is 14.2 Å². The van der Waals surface area contributed by atoms with Gasteiger partial charge in [0.05, 0.1) is 14.2 Å². The summed E-state index contributed by atoms with van der Waals surface area (Å²) in [6.07, 6.45) is 3.27. The summed E-state index contributed by atoms with van der Waals surface area (Å²) in [5.74, 6) is 2.14. The third-order valence-corrected chi connectivity index (χ3v) is 3.96. The maximum absolute atomic E-state index is 6.44. The Morgan fingerprint density at radius 2 is 1.72 bits per heavy atom. The van der Waals surface area contributed by atoms with E-state index < -0.39 is 0 Å². The molecule has 3 heteroatoms. The molecule has 2 rings (SSSR count). The molecule has 0 heterocycles. The number of hydrogen-bond acceptors (Lipinski definition) is 3. The third kappa shape index (κ3) is 2.07. The highest BCUT2D eigenvalue weighted by atomic mass is 16.5. The van der Waals surface area contributed by atoms with Crippen LogP contribution in [0.2, 0.25) is 0 Å². The first-order chi connectivity index (χ1) is 8.51. The summed E-state index contributed by atoms with van der Waals surface area (Å²) < 4.78 is 10.9. The molecule has 3 nitrogen and oxygen atoms in total. The molecule has 0 spiro atoms. The lowest BCUT2D eigenvalue weighted by Crippen LogP contribution is -2.43. The van der Waals surface area contributed by atoms with E-state index in [1.165, 1.54) is 12.0 Å². The standard InChI is InChI=1S/C15H23NO2/c1-10(2)11-8-12(15(16)6-5-7-15)14(18-4)9-13(11)17-3/h8-10H,5-7,16H2,1-4H3. The maximum atomic E-state index is 6.44. The number of methoxy groups -OCH3 is 2. The van der Waals surface area contributed by atoms with E-state index in [1.807, 2.05) is 6.07 Å². The van der Waals surface area contributed by atoms with Crippen molar-refractivity contribution in [1.29, 1.82) is 0 Å². The summed E-state index contributed by atoms with van der Waals surface area (Å²) in [5, 5.41) is 0. The Labute approximate surface area is 109 Å². The Morgan fingerprint density at radius 3 is 2.11 bits per heavy atom. The number of benzene rings is 1. The summed E-state index contributed by atoms with van der Waals surface area (Å²) >= 11 is 0. The lowest BCUT2D eigenvalue weighted by atomic mass is 9.71. The summed E-state index contributed by atoms with van der Waals surface area (Å²) in [5.41, 5.74) is 8.56. The van der Waals surface area contributed by atoms with Gasteiger partial charge in [-0.2, -0.15) is 0 Å². The van der Waals surface area contributed by atoms with Crippen LogP contribution in [-0.2, 0) is 5.54 Å². The summed E-state index contributed by atoms with van der Waals surface area (Å²) in [7, 11) is 3.39. The van der Waals surface area contributed by atoms with Crippen molar-refractivity contribution in [1.82, 2.24) is 0 Å². The van der Waals surface area contributed by atoms with Crippen molar-refractivity contribution in [3.63, 3.8) is 0 Å². The minimum atomic E-state index is -0.207. The molecule has 100 valence electrons. The monoisotopic (exact) mass is 249 g/mol. The smallest absolute Gasteiger partial charge is 0.127 e. The molecule has 0 amide bonds. The Hall–Kier alpha value is -1.22. The largest absolute Gasteiger partial charge is 0.496 e. The topological polar surface area (TPSA) is 44.5 Å². The van der Waals surface area contributed by atoms with Gasteiger partial charge in [0.25, 0.3) is 0 Å². The first kappa shape index (κ1) is 13.2. The van der Waals surface area contributed by atoms with Gasteiger partial charge in [0.1, 0.15) is 11.5 Å². The zero-order valence-corrected chi connectivity index (χ0v) is 11.7. The number of ether oxygens (including phenoxy) is 2. The highest BCUT2D eigenvalue weighted by molar-refractivity contribution is 5.51. The van der Waals surface area contributed by atoms with Gasteiger partial charge in [-0.05, 0) is 36.8 Å². The predicted octanol–water partition coefficient (Wildman–Crippen LogP) is 3.17. The zero-order chi connectivity index (χ0) is 13.3. The van der Waals surface area contributed by atoms with Gasteiger partial charge in [0.15, 0.2) is 0 Å². The van der Waals surface area contributed by atoms with Crippen LogP contribution in [0.5, 0.6) is 11.5 Å². The van der Waals surface area contributed by atoms with Crippen LogP contribution in [0.1, 0.15) is 50.2 Å². The van der Waals surface area contributed by atoms with Gasteiger partial charge in [-0.1, -0.05) is 13.8 Å². The lowest BCUT2D eigenvalue weighted by molar-refractivity contribution is 0.243. The third-order valence-electron chi connectivity index (χ3n) is 3.96. The molecule has 0 aliphatic heterocycles. The fourth-order valence-corrected chi connectivity index (χ4v) is 2.59. The highest BCUT2D eigenvalue weighted by Gasteiger charge is 2.37. The maximum Gasteiger partial charge on any atom is 0.127 e. The van der Waals surface area contributed by atoms with Gasteiger partial charge in [0, 0.05) is 17.2 Å². The van der Waals surface area contributed by atoms with E-state index in [0.29, 0.717) is 5.92 Å². The molecule has 1 aromatic carbocycles. The van der Waals surface area contributed by atoms with Crippen molar-refractivity contribution in [2.24, 2.45) is 5.73 Å². The number of rotatable bonds is 4. The summed E-state index contributed by atoms with van der Waals surface area (Å²) in [6.45, 7) is 4.33. The van der Waals surface area contributed by atoms with Gasteiger partial charge in [0.2, 0.25) is 0 Å². The molecule has 1 aliphatic carbocycles. The number of nitrogens with two attached hydrogens (primary N) is 1. The number of hydrogen-bond donors (Lipinski definition) is 1. The van der Waals surface area contributed by atoms with Gasteiger partial charge in [-0.15, -0.1) is 0 Å². The minimum absolute atomic E-state index is 0.207. The van der Waals surface area contributed by atoms with Gasteiger partial charge in [-0.25, -0.2) is 0 Å². The molecule has 0 unspecified atom stereocenters. The van der Waals surface area contributed by atoms with Crippen molar-refractivity contribution in [3.05, 3.63) is 23.3 Å². The van der Waals surface area contributed by atoms with Crippen LogP contribution in [-0.4, -0.2) is 14.2 Å². The molecule has 1 aromatic rings. The van der Waals surface area contributed by atoms with Crippen LogP contribution < -0.4 is 15.2 Å².